The summed E-state index contributed by atoms with van der Waals surface area (Å²) in [4.78, 5) is 10.4. The minimum absolute atomic E-state index is 0.0334. The monoisotopic (exact) mass is 272 g/mol. The number of rotatable bonds is 5. The van der Waals surface area contributed by atoms with E-state index < -0.39 is 4.92 Å². The van der Waals surface area contributed by atoms with Gasteiger partial charge >= 0.3 is 0 Å². The first-order valence-electron chi connectivity index (χ1n) is 6.26. The number of hydrogen-bond donors (Lipinski definition) is 1. The number of non-ortho nitro benzene ring substituents is 1. The van der Waals surface area contributed by atoms with Gasteiger partial charge < -0.3 is 10.1 Å². The van der Waals surface area contributed by atoms with Gasteiger partial charge in [-0.3, -0.25) is 10.1 Å². The predicted molar refractivity (Wildman–Crippen MR) is 77.1 cm³/mol. The van der Waals surface area contributed by atoms with E-state index in [0.717, 1.165) is 11.1 Å². The number of nitro benzene ring substituents is 1. The molecule has 104 valence electrons. The van der Waals surface area contributed by atoms with Gasteiger partial charge in [-0.05, 0) is 31.7 Å². The summed E-state index contributed by atoms with van der Waals surface area (Å²) in [5.41, 5.74) is 1.82. The summed E-state index contributed by atoms with van der Waals surface area (Å²) >= 11 is 0. The van der Waals surface area contributed by atoms with Crippen molar-refractivity contribution >= 4 is 5.69 Å². The molecule has 2 aromatic rings. The van der Waals surface area contributed by atoms with Crippen LogP contribution in [0.1, 0.15) is 11.1 Å². The van der Waals surface area contributed by atoms with Gasteiger partial charge in [-0.2, -0.15) is 0 Å². The van der Waals surface area contributed by atoms with Gasteiger partial charge in [-0.25, -0.2) is 0 Å². The minimum Gasteiger partial charge on any atom is -0.457 e. The van der Waals surface area contributed by atoms with Crippen molar-refractivity contribution in [3.63, 3.8) is 0 Å². The molecule has 0 radical (unpaired) electrons. The zero-order valence-electron chi connectivity index (χ0n) is 11.4. The van der Waals surface area contributed by atoms with Crippen LogP contribution in [0.5, 0.6) is 11.5 Å². The lowest BCUT2D eigenvalue weighted by Gasteiger charge is -2.11. The molecule has 0 spiro atoms. The standard InChI is InChI=1S/C15H16N2O3/c1-11-7-13(17(18)19)9-14(8-11)20-15-6-4-3-5-12(15)10-16-2/h3-9,16H,10H2,1-2H3. The van der Waals surface area contributed by atoms with Crippen LogP contribution in [-0.2, 0) is 6.54 Å². The molecule has 20 heavy (non-hydrogen) atoms. The van der Waals surface area contributed by atoms with Crippen molar-refractivity contribution in [2.75, 3.05) is 7.05 Å². The normalized spacial score (nSPS) is 10.3. The molecule has 0 aliphatic rings. The first-order valence-corrected chi connectivity index (χ1v) is 6.26. The SMILES string of the molecule is CNCc1ccccc1Oc1cc(C)cc([N+](=O)[O-])c1. The van der Waals surface area contributed by atoms with Gasteiger partial charge in [0.2, 0.25) is 0 Å². The number of nitrogens with zero attached hydrogens (tertiary/aromatic N) is 1. The maximum absolute atomic E-state index is 10.9. The number of nitrogens with one attached hydrogen (secondary N) is 1. The fourth-order valence-corrected chi connectivity index (χ4v) is 1.96. The Bertz CT molecular complexity index is 626. The Kier molecular flexibility index (Phi) is 4.32. The van der Waals surface area contributed by atoms with Gasteiger partial charge in [-0.1, -0.05) is 18.2 Å². The number of para-hydroxylation sites is 1. The van der Waals surface area contributed by atoms with Crippen LogP contribution in [0.15, 0.2) is 42.5 Å². The third kappa shape index (κ3) is 3.33. The Morgan fingerprint density at radius 3 is 2.70 bits per heavy atom. The van der Waals surface area contributed by atoms with Crippen molar-refractivity contribution in [2.24, 2.45) is 0 Å². The first kappa shape index (κ1) is 14.0. The maximum Gasteiger partial charge on any atom is 0.273 e. The Balaban J connectivity index is 2.32. The molecule has 0 unspecified atom stereocenters. The summed E-state index contributed by atoms with van der Waals surface area (Å²) in [7, 11) is 1.86. The van der Waals surface area contributed by atoms with Crippen LogP contribution in [0.4, 0.5) is 5.69 Å². The van der Waals surface area contributed by atoms with Gasteiger partial charge in [-0.15, -0.1) is 0 Å². The van der Waals surface area contributed by atoms with E-state index in [9.17, 15) is 10.1 Å². The molecule has 0 aliphatic carbocycles. The average molecular weight is 272 g/mol. The highest BCUT2D eigenvalue weighted by molar-refractivity contribution is 5.45. The highest BCUT2D eigenvalue weighted by Crippen LogP contribution is 2.29. The number of ether oxygens (including phenoxy) is 1. The van der Waals surface area contributed by atoms with E-state index in [4.69, 9.17) is 4.74 Å². The van der Waals surface area contributed by atoms with Crippen LogP contribution >= 0.6 is 0 Å². The van der Waals surface area contributed by atoms with Crippen LogP contribution in [0.25, 0.3) is 0 Å². The molecule has 0 fully saturated rings. The molecule has 2 rings (SSSR count). The predicted octanol–water partition coefficient (Wildman–Crippen LogP) is 3.41. The Morgan fingerprint density at radius 1 is 1.25 bits per heavy atom. The fourth-order valence-electron chi connectivity index (χ4n) is 1.96. The largest absolute Gasteiger partial charge is 0.457 e. The van der Waals surface area contributed by atoms with E-state index in [1.807, 2.05) is 31.3 Å². The average Bonchev–Trinajstić information content (AvgIpc) is 2.40. The second kappa shape index (κ2) is 6.16. The summed E-state index contributed by atoms with van der Waals surface area (Å²) in [6, 6.07) is 12.3. The van der Waals surface area contributed by atoms with Crippen molar-refractivity contribution < 1.29 is 9.66 Å². The Morgan fingerprint density at radius 2 is 2.00 bits per heavy atom. The smallest absolute Gasteiger partial charge is 0.273 e. The van der Waals surface area contributed by atoms with Crippen molar-refractivity contribution in [1.29, 1.82) is 0 Å². The molecule has 0 aliphatic heterocycles. The summed E-state index contributed by atoms with van der Waals surface area (Å²) in [6.45, 7) is 2.48. The van der Waals surface area contributed by atoms with E-state index >= 15 is 0 Å². The van der Waals surface area contributed by atoms with Gasteiger partial charge in [0.15, 0.2) is 0 Å². The summed E-state index contributed by atoms with van der Waals surface area (Å²) < 4.78 is 5.79. The molecule has 2 aromatic carbocycles. The molecule has 5 heteroatoms. The first-order chi connectivity index (χ1) is 9.60. The lowest BCUT2D eigenvalue weighted by molar-refractivity contribution is -0.385. The lowest BCUT2D eigenvalue weighted by Crippen LogP contribution is -2.06. The second-order valence-corrected chi connectivity index (χ2v) is 4.50. The molecule has 0 amide bonds. The number of nitro groups is 1. The zero-order chi connectivity index (χ0) is 14.5. The highest BCUT2D eigenvalue weighted by Gasteiger charge is 2.10. The maximum atomic E-state index is 10.9. The quantitative estimate of drug-likeness (QED) is 0.669. The van der Waals surface area contributed by atoms with Crippen LogP contribution < -0.4 is 10.1 Å². The topological polar surface area (TPSA) is 64.4 Å². The molecule has 0 saturated heterocycles. The van der Waals surface area contributed by atoms with E-state index in [0.29, 0.717) is 18.0 Å². The van der Waals surface area contributed by atoms with E-state index in [-0.39, 0.29) is 5.69 Å². The van der Waals surface area contributed by atoms with Gasteiger partial charge in [0.25, 0.3) is 5.69 Å². The molecular formula is C15H16N2O3. The van der Waals surface area contributed by atoms with Crippen LogP contribution in [-0.4, -0.2) is 12.0 Å². The van der Waals surface area contributed by atoms with E-state index in [2.05, 4.69) is 5.32 Å². The van der Waals surface area contributed by atoms with Gasteiger partial charge in [0.1, 0.15) is 11.5 Å². The molecule has 0 aromatic heterocycles. The van der Waals surface area contributed by atoms with Gasteiger partial charge in [0, 0.05) is 18.2 Å². The molecule has 0 atom stereocenters. The summed E-state index contributed by atoms with van der Waals surface area (Å²) in [5.74, 6) is 1.17. The molecule has 0 heterocycles. The Hall–Kier alpha value is -2.40. The van der Waals surface area contributed by atoms with Crippen LogP contribution in [0.3, 0.4) is 0 Å². The number of benzene rings is 2. The zero-order valence-corrected chi connectivity index (χ0v) is 11.4. The van der Waals surface area contributed by atoms with Crippen molar-refractivity contribution in [1.82, 2.24) is 5.32 Å². The van der Waals surface area contributed by atoms with Crippen molar-refractivity contribution in [3.8, 4) is 11.5 Å². The third-order valence-corrected chi connectivity index (χ3v) is 2.81. The fraction of sp³-hybridized carbons (Fsp3) is 0.200. The van der Waals surface area contributed by atoms with E-state index in [1.54, 1.807) is 13.0 Å². The molecule has 1 N–H and O–H groups in total. The number of hydrogen-bond acceptors (Lipinski definition) is 4. The van der Waals surface area contributed by atoms with Crippen LogP contribution in [0, 0.1) is 17.0 Å². The van der Waals surface area contributed by atoms with Crippen molar-refractivity contribution in [3.05, 3.63) is 63.7 Å². The molecular weight excluding hydrogens is 256 g/mol. The number of aryl methyl sites for hydroxylation is 1. The summed E-state index contributed by atoms with van der Waals surface area (Å²) in [6.07, 6.45) is 0. The lowest BCUT2D eigenvalue weighted by atomic mass is 10.2. The molecule has 0 saturated carbocycles. The highest BCUT2D eigenvalue weighted by atomic mass is 16.6. The molecule has 0 bridgehead atoms. The minimum atomic E-state index is -0.417. The molecule has 5 nitrogen and oxygen atoms in total. The summed E-state index contributed by atoms with van der Waals surface area (Å²) in [5, 5.41) is 13.9. The Labute approximate surface area is 117 Å². The van der Waals surface area contributed by atoms with Crippen LogP contribution in [0.2, 0.25) is 0 Å². The van der Waals surface area contributed by atoms with Gasteiger partial charge in [0.05, 0.1) is 11.0 Å². The second-order valence-electron chi connectivity index (χ2n) is 4.50. The third-order valence-electron chi connectivity index (χ3n) is 2.81. The van der Waals surface area contributed by atoms with Crippen molar-refractivity contribution in [2.45, 2.75) is 13.5 Å². The van der Waals surface area contributed by atoms with E-state index in [1.165, 1.54) is 12.1 Å².